The lowest BCUT2D eigenvalue weighted by atomic mass is 10.2. The largest absolute Gasteiger partial charge is 0.369 e. The zero-order chi connectivity index (χ0) is 11.5. The normalized spacial score (nSPS) is 17.3. The molecule has 0 atom stereocenters. The van der Waals surface area contributed by atoms with E-state index in [2.05, 4.69) is 26.1 Å². The van der Waals surface area contributed by atoms with Crippen molar-refractivity contribution in [3.8, 4) is 0 Å². The first-order chi connectivity index (χ1) is 7.70. The van der Waals surface area contributed by atoms with Crippen molar-refractivity contribution in [1.29, 1.82) is 0 Å². The molecule has 88 valence electrons. The van der Waals surface area contributed by atoms with E-state index in [4.69, 9.17) is 23.2 Å². The Hall–Kier alpha value is 0.0400. The molecule has 1 aliphatic heterocycles. The standard InChI is InChI=1S/C11H13BrCl2N2/c12-8-2-3-9(11(14)10(8)13)16-6-1-4-15-5-7-16/h2-3,15H,1,4-7H2. The fourth-order valence-corrected chi connectivity index (χ4v) is 2.74. The average molecular weight is 324 g/mol. The first-order valence-electron chi connectivity index (χ1n) is 5.29. The topological polar surface area (TPSA) is 15.3 Å². The minimum atomic E-state index is 0.594. The Kier molecular flexibility index (Phi) is 4.36. The summed E-state index contributed by atoms with van der Waals surface area (Å²) in [5.41, 5.74) is 1.03. The van der Waals surface area contributed by atoms with Crippen LogP contribution < -0.4 is 10.2 Å². The van der Waals surface area contributed by atoms with Crippen LogP contribution in [0.3, 0.4) is 0 Å². The maximum absolute atomic E-state index is 6.26. The zero-order valence-electron chi connectivity index (χ0n) is 8.77. The molecule has 0 unspecified atom stereocenters. The van der Waals surface area contributed by atoms with E-state index in [-0.39, 0.29) is 0 Å². The van der Waals surface area contributed by atoms with Gasteiger partial charge in [-0.2, -0.15) is 0 Å². The molecule has 16 heavy (non-hydrogen) atoms. The van der Waals surface area contributed by atoms with Crippen LogP contribution in [0.15, 0.2) is 16.6 Å². The van der Waals surface area contributed by atoms with Gasteiger partial charge in [-0.1, -0.05) is 23.2 Å². The Bertz CT molecular complexity index is 376. The summed E-state index contributed by atoms with van der Waals surface area (Å²) in [6, 6.07) is 3.96. The summed E-state index contributed by atoms with van der Waals surface area (Å²) in [4.78, 5) is 2.28. The smallest absolute Gasteiger partial charge is 0.0837 e. The van der Waals surface area contributed by atoms with Crippen molar-refractivity contribution in [2.24, 2.45) is 0 Å². The molecule has 1 aromatic rings. The molecule has 2 nitrogen and oxygen atoms in total. The summed E-state index contributed by atoms with van der Waals surface area (Å²) in [5, 5.41) is 4.60. The molecule has 0 amide bonds. The first-order valence-corrected chi connectivity index (χ1v) is 6.84. The number of hydrogen-bond acceptors (Lipinski definition) is 2. The minimum absolute atomic E-state index is 0.594. The fraction of sp³-hybridized carbons (Fsp3) is 0.455. The zero-order valence-corrected chi connectivity index (χ0v) is 11.9. The summed E-state index contributed by atoms with van der Waals surface area (Å²) < 4.78 is 0.843. The van der Waals surface area contributed by atoms with Gasteiger partial charge in [0.2, 0.25) is 0 Å². The lowest BCUT2D eigenvalue weighted by molar-refractivity contribution is 0.724. The molecular weight excluding hydrogens is 311 g/mol. The molecule has 0 saturated carbocycles. The molecule has 0 aliphatic carbocycles. The highest BCUT2D eigenvalue weighted by atomic mass is 79.9. The molecule has 1 aromatic carbocycles. The van der Waals surface area contributed by atoms with Crippen LogP contribution in [0.5, 0.6) is 0 Å². The lowest BCUT2D eigenvalue weighted by Gasteiger charge is -2.24. The van der Waals surface area contributed by atoms with Crippen molar-refractivity contribution < 1.29 is 0 Å². The Labute approximate surface area is 114 Å². The Morgan fingerprint density at radius 1 is 1.12 bits per heavy atom. The molecule has 1 aliphatic rings. The summed E-state index contributed by atoms with van der Waals surface area (Å²) in [5.74, 6) is 0. The molecule has 0 spiro atoms. The molecule has 2 rings (SSSR count). The van der Waals surface area contributed by atoms with Crippen molar-refractivity contribution in [3.63, 3.8) is 0 Å². The monoisotopic (exact) mass is 322 g/mol. The molecule has 0 bridgehead atoms. The maximum Gasteiger partial charge on any atom is 0.0837 e. The van der Waals surface area contributed by atoms with Crippen LogP contribution in [0, 0.1) is 0 Å². The highest BCUT2D eigenvalue weighted by Crippen LogP contribution is 2.37. The minimum Gasteiger partial charge on any atom is -0.369 e. The Morgan fingerprint density at radius 2 is 1.94 bits per heavy atom. The molecule has 1 heterocycles. The van der Waals surface area contributed by atoms with Crippen LogP contribution in [-0.4, -0.2) is 26.2 Å². The molecule has 1 N–H and O–H groups in total. The van der Waals surface area contributed by atoms with E-state index < -0.39 is 0 Å². The van der Waals surface area contributed by atoms with Crippen molar-refractivity contribution in [1.82, 2.24) is 5.32 Å². The van der Waals surface area contributed by atoms with Crippen LogP contribution in [0.25, 0.3) is 0 Å². The van der Waals surface area contributed by atoms with Crippen molar-refractivity contribution >= 4 is 44.8 Å². The predicted molar refractivity (Wildman–Crippen MR) is 73.9 cm³/mol. The molecule has 0 radical (unpaired) electrons. The number of nitrogens with one attached hydrogen (secondary N) is 1. The van der Waals surface area contributed by atoms with E-state index in [1.807, 2.05) is 12.1 Å². The summed E-state index contributed by atoms with van der Waals surface area (Å²) in [7, 11) is 0. The van der Waals surface area contributed by atoms with E-state index in [9.17, 15) is 0 Å². The maximum atomic E-state index is 6.26. The number of anilines is 1. The molecular formula is C11H13BrCl2N2. The number of benzene rings is 1. The highest BCUT2D eigenvalue weighted by Gasteiger charge is 2.15. The number of nitrogens with zero attached hydrogens (tertiary/aromatic N) is 1. The van der Waals surface area contributed by atoms with E-state index in [0.717, 1.165) is 42.8 Å². The second-order valence-corrected chi connectivity index (χ2v) is 5.40. The lowest BCUT2D eigenvalue weighted by Crippen LogP contribution is -2.28. The number of hydrogen-bond donors (Lipinski definition) is 1. The van der Waals surface area contributed by atoms with Gasteiger partial charge in [-0.05, 0) is 41.0 Å². The first kappa shape index (κ1) is 12.5. The number of halogens is 3. The van der Waals surface area contributed by atoms with Gasteiger partial charge in [-0.15, -0.1) is 0 Å². The third-order valence-corrected chi connectivity index (χ3v) is 4.46. The van der Waals surface area contributed by atoms with Crippen LogP contribution in [0.4, 0.5) is 5.69 Å². The van der Waals surface area contributed by atoms with Crippen LogP contribution >= 0.6 is 39.1 Å². The molecule has 0 aromatic heterocycles. The van der Waals surface area contributed by atoms with Crippen LogP contribution in [0.2, 0.25) is 10.0 Å². The van der Waals surface area contributed by atoms with Crippen LogP contribution in [-0.2, 0) is 0 Å². The van der Waals surface area contributed by atoms with Gasteiger partial charge < -0.3 is 10.2 Å². The molecule has 5 heteroatoms. The van der Waals surface area contributed by atoms with Gasteiger partial charge in [-0.3, -0.25) is 0 Å². The van der Waals surface area contributed by atoms with Gasteiger partial charge in [0.25, 0.3) is 0 Å². The van der Waals surface area contributed by atoms with E-state index in [0.29, 0.717) is 10.0 Å². The molecule has 1 fully saturated rings. The summed E-state index contributed by atoms with van der Waals surface area (Å²) in [6.45, 7) is 4.05. The number of rotatable bonds is 1. The quantitative estimate of drug-likeness (QED) is 0.795. The Morgan fingerprint density at radius 3 is 2.75 bits per heavy atom. The predicted octanol–water partition coefficient (Wildman–Crippen LogP) is 3.56. The van der Waals surface area contributed by atoms with Gasteiger partial charge in [0.15, 0.2) is 0 Å². The van der Waals surface area contributed by atoms with Gasteiger partial charge in [0.1, 0.15) is 0 Å². The van der Waals surface area contributed by atoms with Crippen LogP contribution in [0.1, 0.15) is 6.42 Å². The third-order valence-electron chi connectivity index (χ3n) is 2.70. The van der Waals surface area contributed by atoms with E-state index in [1.165, 1.54) is 0 Å². The average Bonchev–Trinajstić information content (AvgIpc) is 2.55. The van der Waals surface area contributed by atoms with Crippen molar-refractivity contribution in [2.45, 2.75) is 6.42 Å². The van der Waals surface area contributed by atoms with E-state index >= 15 is 0 Å². The Balaban J connectivity index is 2.28. The van der Waals surface area contributed by atoms with Gasteiger partial charge in [-0.25, -0.2) is 0 Å². The van der Waals surface area contributed by atoms with Crippen molar-refractivity contribution in [2.75, 3.05) is 31.1 Å². The van der Waals surface area contributed by atoms with Crippen molar-refractivity contribution in [3.05, 3.63) is 26.7 Å². The van der Waals surface area contributed by atoms with Gasteiger partial charge in [0.05, 0.1) is 15.7 Å². The van der Waals surface area contributed by atoms with E-state index in [1.54, 1.807) is 0 Å². The summed E-state index contributed by atoms with van der Waals surface area (Å²) >= 11 is 15.8. The summed E-state index contributed by atoms with van der Waals surface area (Å²) in [6.07, 6.45) is 1.13. The second kappa shape index (κ2) is 5.58. The van der Waals surface area contributed by atoms with Gasteiger partial charge in [0, 0.05) is 24.1 Å². The van der Waals surface area contributed by atoms with Gasteiger partial charge >= 0.3 is 0 Å². The molecule has 1 saturated heterocycles. The highest BCUT2D eigenvalue weighted by molar-refractivity contribution is 9.10. The SMILES string of the molecule is Clc1c(Br)ccc(N2CCCNCC2)c1Cl. The third kappa shape index (κ3) is 2.65. The second-order valence-electron chi connectivity index (χ2n) is 3.79. The fourth-order valence-electron chi connectivity index (χ4n) is 1.85.